The van der Waals surface area contributed by atoms with Crippen molar-refractivity contribution in [2.75, 3.05) is 31.2 Å². The van der Waals surface area contributed by atoms with Gasteiger partial charge in [-0.15, -0.1) is 11.3 Å². The zero-order valence-corrected chi connectivity index (χ0v) is 14.4. The minimum atomic E-state index is -0.169. The molecule has 0 bridgehead atoms. The number of ether oxygens (including phenoxy) is 1. The maximum absolute atomic E-state index is 12.0. The third kappa shape index (κ3) is 4.62. The second kappa shape index (κ2) is 8.03. The molecule has 1 N–H and O–H groups in total. The SMILES string of the molecule is Cc1cccc(/C=N\NC(=O)Cc2csc(N3CCOCC3)n2)c1. The number of carbonyl (C=O) groups is 1. The van der Waals surface area contributed by atoms with E-state index in [0.29, 0.717) is 0 Å². The lowest BCUT2D eigenvalue weighted by Crippen LogP contribution is -2.36. The molecule has 0 aliphatic carbocycles. The molecule has 1 fully saturated rings. The highest BCUT2D eigenvalue weighted by Crippen LogP contribution is 2.21. The van der Waals surface area contributed by atoms with E-state index in [1.165, 1.54) is 0 Å². The van der Waals surface area contributed by atoms with Gasteiger partial charge in [-0.25, -0.2) is 10.4 Å². The second-order valence-corrected chi connectivity index (χ2v) is 6.44. The number of benzene rings is 1. The maximum atomic E-state index is 12.0. The number of carbonyl (C=O) groups excluding carboxylic acids is 1. The van der Waals surface area contributed by atoms with Crippen molar-refractivity contribution >= 4 is 28.6 Å². The van der Waals surface area contributed by atoms with Gasteiger partial charge in [-0.1, -0.05) is 29.8 Å². The van der Waals surface area contributed by atoms with E-state index in [1.54, 1.807) is 17.6 Å². The summed E-state index contributed by atoms with van der Waals surface area (Å²) in [6.45, 7) is 5.16. The third-order valence-electron chi connectivity index (χ3n) is 3.61. The normalized spacial score (nSPS) is 15.0. The highest BCUT2D eigenvalue weighted by molar-refractivity contribution is 7.13. The van der Waals surface area contributed by atoms with Gasteiger partial charge in [0.15, 0.2) is 5.13 Å². The van der Waals surface area contributed by atoms with Crippen molar-refractivity contribution in [3.63, 3.8) is 0 Å². The minimum Gasteiger partial charge on any atom is -0.378 e. The van der Waals surface area contributed by atoms with Crippen LogP contribution >= 0.6 is 11.3 Å². The Balaban J connectivity index is 1.50. The number of rotatable bonds is 5. The van der Waals surface area contributed by atoms with Crippen LogP contribution in [0.5, 0.6) is 0 Å². The lowest BCUT2D eigenvalue weighted by Gasteiger charge is -2.26. The molecular formula is C17H20N4O2S. The third-order valence-corrected chi connectivity index (χ3v) is 4.56. The van der Waals surface area contributed by atoms with Crippen molar-refractivity contribution in [1.29, 1.82) is 0 Å². The summed E-state index contributed by atoms with van der Waals surface area (Å²) in [4.78, 5) is 18.7. The van der Waals surface area contributed by atoms with Gasteiger partial charge in [0.25, 0.3) is 0 Å². The molecule has 1 aromatic heterocycles. The second-order valence-electron chi connectivity index (χ2n) is 5.60. The summed E-state index contributed by atoms with van der Waals surface area (Å²) in [6, 6.07) is 7.92. The van der Waals surface area contributed by atoms with Gasteiger partial charge in [0, 0.05) is 18.5 Å². The number of nitrogens with one attached hydrogen (secondary N) is 1. The summed E-state index contributed by atoms with van der Waals surface area (Å²) in [6.07, 6.45) is 1.87. The number of thiazole rings is 1. The van der Waals surface area contributed by atoms with E-state index in [-0.39, 0.29) is 12.3 Å². The Hall–Kier alpha value is -2.25. The van der Waals surface area contributed by atoms with Crippen LogP contribution in [-0.4, -0.2) is 43.4 Å². The molecule has 126 valence electrons. The van der Waals surface area contributed by atoms with Gasteiger partial charge in [-0.05, 0) is 12.5 Å². The Morgan fingerprint density at radius 2 is 2.29 bits per heavy atom. The zero-order valence-electron chi connectivity index (χ0n) is 13.6. The molecule has 1 aliphatic rings. The quantitative estimate of drug-likeness (QED) is 0.665. The van der Waals surface area contributed by atoms with Gasteiger partial charge < -0.3 is 9.64 Å². The fourth-order valence-corrected chi connectivity index (χ4v) is 3.29. The van der Waals surface area contributed by atoms with E-state index in [1.807, 2.05) is 36.6 Å². The molecule has 2 aromatic rings. The molecule has 1 amide bonds. The van der Waals surface area contributed by atoms with Crippen LogP contribution in [0.1, 0.15) is 16.8 Å². The zero-order chi connectivity index (χ0) is 16.8. The average Bonchev–Trinajstić information content (AvgIpc) is 3.04. The predicted molar refractivity (Wildman–Crippen MR) is 95.8 cm³/mol. The van der Waals surface area contributed by atoms with Crippen LogP contribution in [0.2, 0.25) is 0 Å². The van der Waals surface area contributed by atoms with E-state index in [0.717, 1.165) is 48.3 Å². The Kier molecular flexibility index (Phi) is 5.55. The fraction of sp³-hybridized carbons (Fsp3) is 0.353. The van der Waals surface area contributed by atoms with Gasteiger partial charge in [-0.2, -0.15) is 5.10 Å². The molecule has 1 aromatic carbocycles. The minimum absolute atomic E-state index is 0.169. The summed E-state index contributed by atoms with van der Waals surface area (Å²) in [7, 11) is 0. The number of hydrogen-bond acceptors (Lipinski definition) is 6. The van der Waals surface area contributed by atoms with Gasteiger partial charge in [-0.3, -0.25) is 4.79 Å². The number of anilines is 1. The van der Waals surface area contributed by atoms with Gasteiger partial charge >= 0.3 is 0 Å². The van der Waals surface area contributed by atoms with Crippen LogP contribution in [0.15, 0.2) is 34.7 Å². The molecule has 0 atom stereocenters. The highest BCUT2D eigenvalue weighted by atomic mass is 32.1. The smallest absolute Gasteiger partial charge is 0.246 e. The standard InChI is InChI=1S/C17H20N4O2S/c1-13-3-2-4-14(9-13)11-18-20-16(22)10-15-12-24-17(19-15)21-5-7-23-8-6-21/h2-4,9,11-12H,5-8,10H2,1H3,(H,20,22)/b18-11-. The van der Waals surface area contributed by atoms with Crippen molar-refractivity contribution in [3.05, 3.63) is 46.5 Å². The van der Waals surface area contributed by atoms with Gasteiger partial charge in [0.2, 0.25) is 5.91 Å². The van der Waals surface area contributed by atoms with Crippen LogP contribution in [0.4, 0.5) is 5.13 Å². The molecule has 1 aliphatic heterocycles. The summed E-state index contributed by atoms with van der Waals surface area (Å²) in [5.41, 5.74) is 5.43. The topological polar surface area (TPSA) is 66.8 Å². The van der Waals surface area contributed by atoms with E-state index >= 15 is 0 Å². The van der Waals surface area contributed by atoms with Gasteiger partial charge in [0.05, 0.1) is 31.5 Å². The van der Waals surface area contributed by atoms with Crippen LogP contribution in [0.3, 0.4) is 0 Å². The Morgan fingerprint density at radius 1 is 1.46 bits per heavy atom. The molecule has 7 heteroatoms. The molecule has 1 saturated heterocycles. The molecule has 6 nitrogen and oxygen atoms in total. The Labute approximate surface area is 145 Å². The summed E-state index contributed by atoms with van der Waals surface area (Å²) < 4.78 is 5.34. The number of nitrogens with zero attached hydrogens (tertiary/aromatic N) is 3. The average molecular weight is 344 g/mol. The summed E-state index contributed by atoms with van der Waals surface area (Å²) in [5.74, 6) is -0.169. The molecule has 0 radical (unpaired) electrons. The molecule has 24 heavy (non-hydrogen) atoms. The van der Waals surface area contributed by atoms with E-state index in [2.05, 4.69) is 20.4 Å². The number of hydrazone groups is 1. The van der Waals surface area contributed by atoms with Crippen LogP contribution in [-0.2, 0) is 16.0 Å². The van der Waals surface area contributed by atoms with E-state index < -0.39 is 0 Å². The maximum Gasteiger partial charge on any atom is 0.246 e. The molecule has 0 unspecified atom stereocenters. The number of aromatic nitrogens is 1. The largest absolute Gasteiger partial charge is 0.378 e. The van der Waals surface area contributed by atoms with Crippen molar-refractivity contribution in [2.24, 2.45) is 5.10 Å². The lowest BCUT2D eigenvalue weighted by atomic mass is 10.2. The van der Waals surface area contributed by atoms with Crippen LogP contribution in [0.25, 0.3) is 0 Å². The number of aryl methyl sites for hydroxylation is 1. The Morgan fingerprint density at radius 3 is 3.08 bits per heavy atom. The fourth-order valence-electron chi connectivity index (χ4n) is 2.41. The monoisotopic (exact) mass is 344 g/mol. The van der Waals surface area contributed by atoms with Crippen LogP contribution in [0, 0.1) is 6.92 Å². The van der Waals surface area contributed by atoms with E-state index in [9.17, 15) is 4.79 Å². The number of amides is 1. The van der Waals surface area contributed by atoms with Gasteiger partial charge in [0.1, 0.15) is 0 Å². The molecule has 0 spiro atoms. The summed E-state index contributed by atoms with van der Waals surface area (Å²) in [5, 5.41) is 6.87. The predicted octanol–water partition coefficient (Wildman–Crippen LogP) is 1.98. The van der Waals surface area contributed by atoms with Crippen molar-refractivity contribution in [2.45, 2.75) is 13.3 Å². The molecule has 2 heterocycles. The van der Waals surface area contributed by atoms with E-state index in [4.69, 9.17) is 4.74 Å². The highest BCUT2D eigenvalue weighted by Gasteiger charge is 2.15. The Bertz CT molecular complexity index is 723. The molecular weight excluding hydrogens is 324 g/mol. The first kappa shape index (κ1) is 16.6. The first-order chi connectivity index (χ1) is 11.7. The number of morpholine rings is 1. The van der Waals surface area contributed by atoms with Crippen molar-refractivity contribution < 1.29 is 9.53 Å². The van der Waals surface area contributed by atoms with Crippen LogP contribution < -0.4 is 10.3 Å². The molecule has 3 rings (SSSR count). The molecule has 0 saturated carbocycles. The van der Waals surface area contributed by atoms with Crippen molar-refractivity contribution in [3.8, 4) is 0 Å². The summed E-state index contributed by atoms with van der Waals surface area (Å²) >= 11 is 1.56. The lowest BCUT2D eigenvalue weighted by molar-refractivity contribution is -0.120. The first-order valence-corrected chi connectivity index (χ1v) is 8.74. The number of hydrogen-bond donors (Lipinski definition) is 1. The van der Waals surface area contributed by atoms with Crippen molar-refractivity contribution in [1.82, 2.24) is 10.4 Å². The first-order valence-electron chi connectivity index (χ1n) is 7.86.